The molecule has 0 aromatic heterocycles. The van der Waals surface area contributed by atoms with Crippen molar-refractivity contribution in [1.82, 2.24) is 0 Å². The van der Waals surface area contributed by atoms with Gasteiger partial charge in [0.05, 0.1) is 17.8 Å². The average Bonchev–Trinajstić information content (AvgIpc) is 2.35. The Hall–Kier alpha value is -1.34. The van der Waals surface area contributed by atoms with Gasteiger partial charge in [-0.3, -0.25) is 0 Å². The molecule has 0 aliphatic rings. The monoisotopic (exact) mass is 394 g/mol. The van der Waals surface area contributed by atoms with Gasteiger partial charge in [0.1, 0.15) is 17.6 Å². The van der Waals surface area contributed by atoms with Crippen LogP contribution in [0.4, 0.5) is 30.7 Å². The summed E-state index contributed by atoms with van der Waals surface area (Å²) < 4.78 is 92.1. The molecule has 0 saturated carbocycles. The van der Waals surface area contributed by atoms with E-state index in [0.717, 1.165) is 6.07 Å². The summed E-state index contributed by atoms with van der Waals surface area (Å²) in [7, 11) is 0. The van der Waals surface area contributed by atoms with Crippen LogP contribution in [0.1, 0.15) is 24.2 Å². The first kappa shape index (κ1) is 21.7. The molecule has 2 N–H and O–H groups in total. The van der Waals surface area contributed by atoms with E-state index in [9.17, 15) is 35.8 Å². The minimum atomic E-state index is -5.31. The van der Waals surface area contributed by atoms with Crippen LogP contribution in [0.2, 0.25) is 0 Å². The van der Waals surface area contributed by atoms with Crippen LogP contribution < -0.4 is 0 Å². The van der Waals surface area contributed by atoms with E-state index in [4.69, 9.17) is 10.4 Å². The molecule has 0 saturated heterocycles. The van der Waals surface area contributed by atoms with E-state index >= 15 is 0 Å². The fraction of sp³-hybridized carbons (Fsp3) is 0.417. The van der Waals surface area contributed by atoms with Crippen molar-refractivity contribution in [2.75, 3.05) is 0 Å². The maximum atomic E-state index is 13.6. The zero-order valence-corrected chi connectivity index (χ0v) is 12.0. The summed E-state index contributed by atoms with van der Waals surface area (Å²) in [5.41, 5.74) is -3.62. The van der Waals surface area contributed by atoms with Gasteiger partial charge in [-0.15, -0.1) is 0 Å². The van der Waals surface area contributed by atoms with Gasteiger partial charge in [0.2, 0.25) is 0 Å². The fourth-order valence-corrected chi connectivity index (χ4v) is 1.90. The Balaban J connectivity index is 0.00000484. The maximum Gasteiger partial charge on any atom is 0.397 e. The second-order valence-corrected chi connectivity index (χ2v) is 4.41. The molecular weight excluding hydrogens is 387 g/mol. The first-order valence-corrected chi connectivity index (χ1v) is 5.63. The predicted molar refractivity (Wildman–Crippen MR) is 57.2 cm³/mol. The molecule has 0 amide bonds. The smallest absolute Gasteiger partial charge is 0.393 e. The van der Waals surface area contributed by atoms with Gasteiger partial charge >= 0.3 is 6.18 Å². The van der Waals surface area contributed by atoms with E-state index in [-0.39, 0.29) is 17.1 Å². The number of aliphatic hydroxyl groups excluding tert-OH is 2. The third kappa shape index (κ3) is 3.95. The van der Waals surface area contributed by atoms with Crippen LogP contribution in [0, 0.1) is 40.5 Å². The molecule has 23 heavy (non-hydrogen) atoms. The van der Waals surface area contributed by atoms with Crippen molar-refractivity contribution < 1.29 is 58.0 Å². The number of aliphatic hydroxyl groups is 2. The summed E-state index contributed by atoms with van der Waals surface area (Å²) >= 11 is 0. The summed E-state index contributed by atoms with van der Waals surface area (Å²) in [4.78, 5) is 0. The van der Waals surface area contributed by atoms with Crippen molar-refractivity contribution in [3.05, 3.63) is 34.4 Å². The maximum absolute atomic E-state index is 13.6. The standard InChI is InChI=1S/C12H8F7NO2.Cu/c1-3(21)6(12(17,18)19)11(22)5-9(15)7(13)4(2-20)8(14)10(5)16;/h3,6,11,21-22H,1H3;. The van der Waals surface area contributed by atoms with Gasteiger partial charge < -0.3 is 10.2 Å². The van der Waals surface area contributed by atoms with E-state index in [2.05, 4.69) is 0 Å². The SMILES string of the molecule is CC(O)C(C(O)c1c(F)c(F)c(C#N)c(F)c1F)C(F)(F)F.[Cu]. The number of alkyl halides is 3. The molecule has 3 unspecified atom stereocenters. The molecule has 0 heterocycles. The molecule has 1 aromatic carbocycles. The molecular formula is C12H8CuF7NO2. The zero-order valence-electron chi connectivity index (χ0n) is 11.0. The molecule has 11 heteroatoms. The summed E-state index contributed by atoms with van der Waals surface area (Å²) in [5, 5.41) is 26.9. The van der Waals surface area contributed by atoms with E-state index < -0.39 is 58.7 Å². The van der Waals surface area contributed by atoms with Crippen molar-refractivity contribution in [2.24, 2.45) is 5.92 Å². The zero-order chi connectivity index (χ0) is 17.4. The summed E-state index contributed by atoms with van der Waals surface area (Å²) in [5.74, 6) is -12.2. The van der Waals surface area contributed by atoms with Gasteiger partial charge in [-0.1, -0.05) is 0 Å². The minimum Gasteiger partial charge on any atom is -0.393 e. The molecule has 1 radical (unpaired) electrons. The van der Waals surface area contributed by atoms with E-state index in [1.807, 2.05) is 0 Å². The molecule has 1 aromatic rings. The summed E-state index contributed by atoms with van der Waals surface area (Å²) in [6, 6.07) is 0.810. The van der Waals surface area contributed by atoms with Gasteiger partial charge in [-0.2, -0.15) is 18.4 Å². The Morgan fingerprint density at radius 3 is 1.61 bits per heavy atom. The summed E-state index contributed by atoms with van der Waals surface area (Å²) in [6.07, 6.45) is -10.7. The van der Waals surface area contributed by atoms with Crippen molar-refractivity contribution >= 4 is 0 Å². The second kappa shape index (κ2) is 7.49. The van der Waals surface area contributed by atoms with Crippen LogP contribution in [0.3, 0.4) is 0 Å². The number of nitriles is 1. The Morgan fingerprint density at radius 1 is 0.957 bits per heavy atom. The number of hydrogen-bond donors (Lipinski definition) is 2. The average molecular weight is 395 g/mol. The van der Waals surface area contributed by atoms with E-state index in [1.54, 1.807) is 0 Å². The van der Waals surface area contributed by atoms with Crippen LogP contribution in [0.5, 0.6) is 0 Å². The number of rotatable bonds is 3. The number of nitrogens with zero attached hydrogens (tertiary/aromatic N) is 1. The first-order valence-electron chi connectivity index (χ1n) is 5.63. The van der Waals surface area contributed by atoms with Crippen LogP contribution in [-0.4, -0.2) is 22.5 Å². The molecule has 133 valence electrons. The quantitative estimate of drug-likeness (QED) is 0.471. The predicted octanol–water partition coefficient (Wildman–Crippen LogP) is 2.70. The molecule has 0 bridgehead atoms. The van der Waals surface area contributed by atoms with Gasteiger partial charge in [0, 0.05) is 17.1 Å². The second-order valence-electron chi connectivity index (χ2n) is 4.41. The van der Waals surface area contributed by atoms with Crippen LogP contribution in [0.15, 0.2) is 0 Å². The Morgan fingerprint density at radius 2 is 1.35 bits per heavy atom. The Bertz CT molecular complexity index is 598. The van der Waals surface area contributed by atoms with Gasteiger partial charge in [0.25, 0.3) is 0 Å². The normalized spacial score (nSPS) is 15.3. The topological polar surface area (TPSA) is 64.2 Å². The first-order chi connectivity index (χ1) is 9.95. The summed E-state index contributed by atoms with van der Waals surface area (Å²) in [6.45, 7) is 0.577. The molecule has 1 rings (SSSR count). The van der Waals surface area contributed by atoms with Gasteiger partial charge in [-0.25, -0.2) is 17.6 Å². The molecule has 0 fully saturated rings. The van der Waals surface area contributed by atoms with Crippen molar-refractivity contribution in [3.63, 3.8) is 0 Å². The van der Waals surface area contributed by atoms with Crippen molar-refractivity contribution in [3.8, 4) is 6.07 Å². The Labute approximate surface area is 135 Å². The third-order valence-corrected chi connectivity index (χ3v) is 2.94. The third-order valence-electron chi connectivity index (χ3n) is 2.94. The number of benzene rings is 1. The van der Waals surface area contributed by atoms with Gasteiger partial charge in [-0.05, 0) is 6.92 Å². The van der Waals surface area contributed by atoms with Crippen LogP contribution in [0.25, 0.3) is 0 Å². The molecule has 0 aliphatic carbocycles. The van der Waals surface area contributed by atoms with E-state index in [1.165, 1.54) is 0 Å². The van der Waals surface area contributed by atoms with E-state index in [0.29, 0.717) is 6.92 Å². The fourth-order valence-electron chi connectivity index (χ4n) is 1.90. The largest absolute Gasteiger partial charge is 0.397 e. The molecule has 3 nitrogen and oxygen atoms in total. The molecule has 0 spiro atoms. The molecule has 0 aliphatic heterocycles. The number of halogens is 7. The van der Waals surface area contributed by atoms with Crippen LogP contribution >= 0.6 is 0 Å². The molecule has 3 atom stereocenters. The van der Waals surface area contributed by atoms with Crippen LogP contribution in [-0.2, 0) is 17.1 Å². The van der Waals surface area contributed by atoms with Gasteiger partial charge in [0.15, 0.2) is 23.3 Å². The Kier molecular flexibility index (Phi) is 7.05. The van der Waals surface area contributed by atoms with Crippen molar-refractivity contribution in [2.45, 2.75) is 25.3 Å². The number of hydrogen-bond acceptors (Lipinski definition) is 3. The van der Waals surface area contributed by atoms with Crippen molar-refractivity contribution in [1.29, 1.82) is 5.26 Å². The minimum absolute atomic E-state index is 0.